The Bertz CT molecular complexity index is 807. The Morgan fingerprint density at radius 3 is 2.88 bits per heavy atom. The lowest BCUT2D eigenvalue weighted by atomic mass is 10.0. The van der Waals surface area contributed by atoms with Gasteiger partial charge in [0.05, 0.1) is 18.9 Å². The minimum absolute atomic E-state index is 0.245. The number of carbonyl (C=O) groups is 1. The van der Waals surface area contributed by atoms with Crippen molar-refractivity contribution in [1.29, 1.82) is 0 Å². The van der Waals surface area contributed by atoms with Crippen molar-refractivity contribution in [3.05, 3.63) is 65.5 Å². The number of ether oxygens (including phenoxy) is 1. The van der Waals surface area contributed by atoms with Gasteiger partial charge < -0.3 is 14.9 Å². The summed E-state index contributed by atoms with van der Waals surface area (Å²) in [6.45, 7) is 1.87. The molecule has 6 heteroatoms. The second-order valence-corrected chi connectivity index (χ2v) is 5.82. The van der Waals surface area contributed by atoms with Gasteiger partial charge in [0, 0.05) is 17.5 Å². The fourth-order valence-electron chi connectivity index (χ4n) is 2.76. The van der Waals surface area contributed by atoms with Crippen LogP contribution < -0.4 is 10.1 Å². The fraction of sp³-hybridized carbons (Fsp3) is 0.263. The predicted molar refractivity (Wildman–Crippen MR) is 92.0 cm³/mol. The third-order valence-corrected chi connectivity index (χ3v) is 4.08. The van der Waals surface area contributed by atoms with E-state index in [1.165, 1.54) is 12.1 Å². The Morgan fingerprint density at radius 2 is 2.12 bits per heavy atom. The van der Waals surface area contributed by atoms with Gasteiger partial charge >= 0.3 is 0 Å². The van der Waals surface area contributed by atoms with Crippen LogP contribution in [0.1, 0.15) is 30.5 Å². The van der Waals surface area contributed by atoms with Gasteiger partial charge in [0.25, 0.3) is 5.91 Å². The molecule has 2 atom stereocenters. The lowest BCUT2D eigenvalue weighted by molar-refractivity contribution is -0.131. The second kappa shape index (κ2) is 7.34. The first-order chi connectivity index (χ1) is 12.1. The Balaban J connectivity index is 1.63. The highest BCUT2D eigenvalue weighted by molar-refractivity contribution is 6.04. The third-order valence-electron chi connectivity index (χ3n) is 4.08. The van der Waals surface area contributed by atoms with Crippen LogP contribution >= 0.6 is 0 Å². The summed E-state index contributed by atoms with van der Waals surface area (Å²) in [5.74, 6) is 0.0887. The minimum Gasteiger partial charge on any atom is -0.496 e. The van der Waals surface area contributed by atoms with Crippen LogP contribution in [-0.2, 0) is 9.63 Å². The van der Waals surface area contributed by atoms with Crippen molar-refractivity contribution < 1.29 is 18.8 Å². The van der Waals surface area contributed by atoms with Crippen molar-refractivity contribution in [2.75, 3.05) is 7.11 Å². The predicted octanol–water partition coefficient (Wildman–Crippen LogP) is 3.20. The molecular weight excluding hydrogens is 323 g/mol. The van der Waals surface area contributed by atoms with Gasteiger partial charge in [0.15, 0.2) is 0 Å². The van der Waals surface area contributed by atoms with Crippen LogP contribution in [0.5, 0.6) is 5.75 Å². The molecule has 1 N–H and O–H groups in total. The zero-order chi connectivity index (χ0) is 17.8. The van der Waals surface area contributed by atoms with E-state index in [0.29, 0.717) is 23.4 Å². The highest BCUT2D eigenvalue weighted by Crippen LogP contribution is 2.25. The topological polar surface area (TPSA) is 59.9 Å². The first kappa shape index (κ1) is 17.0. The lowest BCUT2D eigenvalue weighted by Gasteiger charge is -2.18. The van der Waals surface area contributed by atoms with E-state index in [1.807, 2.05) is 31.2 Å². The molecule has 0 fully saturated rings. The summed E-state index contributed by atoms with van der Waals surface area (Å²) in [4.78, 5) is 17.7. The highest BCUT2D eigenvalue weighted by atomic mass is 19.1. The lowest BCUT2D eigenvalue weighted by Crippen LogP contribution is -2.36. The van der Waals surface area contributed by atoms with Crippen molar-refractivity contribution in [3.63, 3.8) is 0 Å². The van der Waals surface area contributed by atoms with Crippen molar-refractivity contribution in [2.24, 2.45) is 5.16 Å². The van der Waals surface area contributed by atoms with Crippen LogP contribution in [0.15, 0.2) is 53.7 Å². The standard InChI is InChI=1S/C19H19FN2O3/c1-12(15-8-3-4-9-17(15)24-2)21-19(23)18-11-16(22-25-18)13-6-5-7-14(20)10-13/h3-10,12,18H,11H2,1-2H3,(H,21,23). The monoisotopic (exact) mass is 342 g/mol. The molecule has 130 valence electrons. The van der Waals surface area contributed by atoms with Crippen molar-refractivity contribution >= 4 is 11.6 Å². The maximum absolute atomic E-state index is 13.3. The molecule has 1 heterocycles. The Kier molecular flexibility index (Phi) is 4.97. The van der Waals surface area contributed by atoms with Crippen molar-refractivity contribution in [1.82, 2.24) is 5.32 Å². The molecule has 25 heavy (non-hydrogen) atoms. The average Bonchev–Trinajstić information content (AvgIpc) is 3.12. The number of oxime groups is 1. The molecule has 0 aliphatic carbocycles. The quantitative estimate of drug-likeness (QED) is 0.908. The molecular formula is C19H19FN2O3. The van der Waals surface area contributed by atoms with E-state index in [9.17, 15) is 9.18 Å². The second-order valence-electron chi connectivity index (χ2n) is 5.82. The zero-order valence-electron chi connectivity index (χ0n) is 14.0. The van der Waals surface area contributed by atoms with Crippen molar-refractivity contribution in [2.45, 2.75) is 25.5 Å². The molecule has 0 bridgehead atoms. The molecule has 2 unspecified atom stereocenters. The smallest absolute Gasteiger partial charge is 0.264 e. The van der Waals surface area contributed by atoms with E-state index >= 15 is 0 Å². The van der Waals surface area contributed by atoms with Crippen LogP contribution in [0.4, 0.5) is 4.39 Å². The molecule has 1 aliphatic heterocycles. The van der Waals surface area contributed by atoms with Gasteiger partial charge in [-0.25, -0.2) is 4.39 Å². The maximum atomic E-state index is 13.3. The summed E-state index contributed by atoms with van der Waals surface area (Å²) in [5, 5.41) is 6.83. The molecule has 0 saturated heterocycles. The van der Waals surface area contributed by atoms with Gasteiger partial charge in [-0.05, 0) is 25.1 Å². The van der Waals surface area contributed by atoms with E-state index < -0.39 is 6.10 Å². The van der Waals surface area contributed by atoms with Gasteiger partial charge in [0.2, 0.25) is 6.10 Å². The van der Waals surface area contributed by atoms with Gasteiger partial charge in [-0.1, -0.05) is 35.5 Å². The fourth-order valence-corrected chi connectivity index (χ4v) is 2.76. The highest BCUT2D eigenvalue weighted by Gasteiger charge is 2.30. The molecule has 2 aromatic rings. The molecule has 0 saturated carbocycles. The van der Waals surface area contributed by atoms with Gasteiger partial charge in [-0.2, -0.15) is 0 Å². The number of para-hydroxylation sites is 1. The summed E-state index contributed by atoms with van der Waals surface area (Å²) >= 11 is 0. The van der Waals surface area contributed by atoms with E-state index in [2.05, 4.69) is 10.5 Å². The number of benzene rings is 2. The third kappa shape index (κ3) is 3.79. The number of hydrogen-bond acceptors (Lipinski definition) is 4. The van der Waals surface area contributed by atoms with Crippen molar-refractivity contribution in [3.8, 4) is 5.75 Å². The van der Waals surface area contributed by atoms with Crippen LogP contribution in [0.2, 0.25) is 0 Å². The SMILES string of the molecule is COc1ccccc1C(C)NC(=O)C1CC(c2cccc(F)c2)=NO1. The summed E-state index contributed by atoms with van der Waals surface area (Å²) < 4.78 is 18.6. The number of nitrogens with zero attached hydrogens (tertiary/aromatic N) is 1. The van der Waals surface area contributed by atoms with Gasteiger partial charge in [-0.15, -0.1) is 0 Å². The van der Waals surface area contributed by atoms with E-state index in [4.69, 9.17) is 9.57 Å². The number of carbonyl (C=O) groups excluding carboxylic acids is 1. The molecule has 0 spiro atoms. The average molecular weight is 342 g/mol. The molecule has 1 aliphatic rings. The van der Waals surface area contributed by atoms with Crippen LogP contribution in [0.3, 0.4) is 0 Å². The first-order valence-electron chi connectivity index (χ1n) is 8.00. The molecule has 0 aromatic heterocycles. The van der Waals surface area contributed by atoms with Crippen LogP contribution in [0.25, 0.3) is 0 Å². The molecule has 1 amide bonds. The van der Waals surface area contributed by atoms with Crippen LogP contribution in [-0.4, -0.2) is 24.8 Å². The summed E-state index contributed by atoms with van der Waals surface area (Å²) in [5.41, 5.74) is 2.06. The van der Waals surface area contributed by atoms with Gasteiger partial charge in [-0.3, -0.25) is 4.79 Å². The van der Waals surface area contributed by atoms with Crippen LogP contribution in [0, 0.1) is 5.82 Å². The first-order valence-corrected chi connectivity index (χ1v) is 8.00. The summed E-state index contributed by atoms with van der Waals surface area (Å²) in [6, 6.07) is 13.3. The van der Waals surface area contributed by atoms with Gasteiger partial charge in [0.1, 0.15) is 11.6 Å². The molecule has 2 aromatic carbocycles. The number of methoxy groups -OCH3 is 1. The Morgan fingerprint density at radius 1 is 1.32 bits per heavy atom. The largest absolute Gasteiger partial charge is 0.496 e. The maximum Gasteiger partial charge on any atom is 0.264 e. The van der Waals surface area contributed by atoms with E-state index in [0.717, 1.165) is 5.56 Å². The van der Waals surface area contributed by atoms with E-state index in [-0.39, 0.29) is 17.8 Å². The molecule has 0 radical (unpaired) electrons. The normalized spacial score (nSPS) is 17.4. The number of nitrogens with one attached hydrogen (secondary N) is 1. The van der Waals surface area contributed by atoms with E-state index in [1.54, 1.807) is 19.2 Å². The number of rotatable bonds is 5. The Labute approximate surface area is 145 Å². The zero-order valence-corrected chi connectivity index (χ0v) is 14.0. The number of hydrogen-bond donors (Lipinski definition) is 1. The number of halogens is 1. The minimum atomic E-state index is -0.726. The molecule has 3 rings (SSSR count). The summed E-state index contributed by atoms with van der Waals surface area (Å²) in [7, 11) is 1.59. The summed E-state index contributed by atoms with van der Waals surface area (Å²) in [6.07, 6.45) is -0.427. The number of amides is 1. The Hall–Kier alpha value is -2.89. The molecule has 5 nitrogen and oxygen atoms in total.